The molecule has 20 heavy (non-hydrogen) atoms. The van der Waals surface area contributed by atoms with Crippen LogP contribution in [0.1, 0.15) is 23.6 Å². The van der Waals surface area contributed by atoms with E-state index in [0.29, 0.717) is 13.2 Å². The third kappa shape index (κ3) is 2.07. The molecule has 3 aromatic rings. The lowest BCUT2D eigenvalue weighted by molar-refractivity contribution is 0.343. The molecule has 0 radical (unpaired) electrons. The highest BCUT2D eigenvalue weighted by atomic mass is 32.1. The van der Waals surface area contributed by atoms with Gasteiger partial charge in [0.15, 0.2) is 0 Å². The molecule has 0 amide bonds. The predicted octanol–water partition coefficient (Wildman–Crippen LogP) is 5.53. The number of rotatable bonds is 4. The van der Waals surface area contributed by atoms with Crippen LogP contribution in [0.4, 0.5) is 0 Å². The van der Waals surface area contributed by atoms with Crippen molar-refractivity contribution in [3.8, 4) is 11.5 Å². The van der Waals surface area contributed by atoms with Gasteiger partial charge in [0.2, 0.25) is 0 Å². The summed E-state index contributed by atoms with van der Waals surface area (Å²) in [6.07, 6.45) is 0. The van der Waals surface area contributed by atoms with Gasteiger partial charge in [0, 0.05) is 20.5 Å². The molecule has 2 nitrogen and oxygen atoms in total. The van der Waals surface area contributed by atoms with Gasteiger partial charge >= 0.3 is 0 Å². The van der Waals surface area contributed by atoms with Crippen molar-refractivity contribution in [2.45, 2.75) is 27.7 Å². The molecule has 2 aromatic heterocycles. The average molecular weight is 306 g/mol. The van der Waals surface area contributed by atoms with Gasteiger partial charge in [-0.05, 0) is 39.8 Å². The Morgan fingerprint density at radius 3 is 1.55 bits per heavy atom. The summed E-state index contributed by atoms with van der Waals surface area (Å²) in [6, 6.07) is 4.42. The summed E-state index contributed by atoms with van der Waals surface area (Å²) in [5.41, 5.74) is 0. The van der Waals surface area contributed by atoms with Gasteiger partial charge in [-0.3, -0.25) is 0 Å². The van der Waals surface area contributed by atoms with E-state index < -0.39 is 0 Å². The van der Waals surface area contributed by atoms with Gasteiger partial charge in [-0.15, -0.1) is 22.7 Å². The predicted molar refractivity (Wildman–Crippen MR) is 89.0 cm³/mol. The Morgan fingerprint density at radius 1 is 0.800 bits per heavy atom. The van der Waals surface area contributed by atoms with Crippen LogP contribution in [0, 0.1) is 13.8 Å². The lowest BCUT2D eigenvalue weighted by Gasteiger charge is -2.11. The fourth-order valence-corrected chi connectivity index (χ4v) is 4.57. The molecule has 0 aliphatic carbocycles. The molecule has 0 saturated heterocycles. The summed E-state index contributed by atoms with van der Waals surface area (Å²) in [5, 5.41) is 2.37. The van der Waals surface area contributed by atoms with Crippen molar-refractivity contribution < 1.29 is 9.47 Å². The van der Waals surface area contributed by atoms with Gasteiger partial charge in [0.05, 0.1) is 22.6 Å². The highest BCUT2D eigenvalue weighted by molar-refractivity contribution is 7.21. The van der Waals surface area contributed by atoms with Crippen LogP contribution in [0.2, 0.25) is 0 Å². The molecule has 0 atom stereocenters. The molecule has 0 aliphatic heterocycles. The van der Waals surface area contributed by atoms with Crippen LogP contribution in [0.5, 0.6) is 11.5 Å². The number of benzene rings is 1. The van der Waals surface area contributed by atoms with Crippen LogP contribution in [-0.2, 0) is 0 Å². The summed E-state index contributed by atoms with van der Waals surface area (Å²) in [7, 11) is 0. The zero-order chi connectivity index (χ0) is 14.3. The Balaban J connectivity index is 2.45. The lowest BCUT2D eigenvalue weighted by Crippen LogP contribution is -1.95. The normalized spacial score (nSPS) is 11.4. The SMILES string of the molecule is CCOc1c2cc(C)sc2c(OCC)c2cc(C)sc12. The van der Waals surface area contributed by atoms with Crippen molar-refractivity contribution >= 4 is 42.8 Å². The molecule has 2 heterocycles. The highest BCUT2D eigenvalue weighted by Gasteiger charge is 2.19. The van der Waals surface area contributed by atoms with Gasteiger partial charge in [-0.25, -0.2) is 0 Å². The van der Waals surface area contributed by atoms with Crippen molar-refractivity contribution in [3.63, 3.8) is 0 Å². The van der Waals surface area contributed by atoms with Crippen molar-refractivity contribution in [1.29, 1.82) is 0 Å². The van der Waals surface area contributed by atoms with Crippen LogP contribution in [0.15, 0.2) is 12.1 Å². The lowest BCUT2D eigenvalue weighted by atomic mass is 10.1. The van der Waals surface area contributed by atoms with Gasteiger partial charge in [-0.2, -0.15) is 0 Å². The maximum atomic E-state index is 5.95. The number of hydrogen-bond donors (Lipinski definition) is 0. The second-order valence-electron chi connectivity index (χ2n) is 4.72. The smallest absolute Gasteiger partial charge is 0.146 e. The van der Waals surface area contributed by atoms with Crippen molar-refractivity contribution in [3.05, 3.63) is 21.9 Å². The Bertz CT molecular complexity index is 649. The summed E-state index contributed by atoms with van der Waals surface area (Å²) in [5.74, 6) is 2.03. The molecule has 0 unspecified atom stereocenters. The number of hydrogen-bond acceptors (Lipinski definition) is 4. The Kier molecular flexibility index (Phi) is 3.61. The molecule has 3 rings (SSSR count). The zero-order valence-corrected chi connectivity index (χ0v) is 13.8. The van der Waals surface area contributed by atoms with Crippen molar-refractivity contribution in [2.24, 2.45) is 0 Å². The van der Waals surface area contributed by atoms with Crippen molar-refractivity contribution in [2.75, 3.05) is 13.2 Å². The molecule has 0 spiro atoms. The molecule has 0 bridgehead atoms. The molecule has 0 N–H and O–H groups in total. The minimum Gasteiger partial charge on any atom is -0.492 e. The van der Waals surface area contributed by atoms with Crippen LogP contribution in [0.25, 0.3) is 20.2 Å². The third-order valence-electron chi connectivity index (χ3n) is 3.19. The molecule has 106 valence electrons. The monoisotopic (exact) mass is 306 g/mol. The number of aryl methyl sites for hydroxylation is 2. The fraction of sp³-hybridized carbons (Fsp3) is 0.375. The summed E-state index contributed by atoms with van der Waals surface area (Å²) < 4.78 is 14.3. The summed E-state index contributed by atoms with van der Waals surface area (Å²) in [4.78, 5) is 2.58. The van der Waals surface area contributed by atoms with Crippen LogP contribution < -0.4 is 9.47 Å². The first-order valence-corrected chi connectivity index (χ1v) is 8.50. The third-order valence-corrected chi connectivity index (χ3v) is 5.29. The maximum absolute atomic E-state index is 5.95. The van der Waals surface area contributed by atoms with E-state index in [1.807, 2.05) is 13.8 Å². The van der Waals surface area contributed by atoms with Gasteiger partial charge in [0.1, 0.15) is 11.5 Å². The first-order chi connectivity index (χ1) is 9.65. The second kappa shape index (κ2) is 5.26. The topological polar surface area (TPSA) is 18.5 Å². The van der Waals surface area contributed by atoms with E-state index in [2.05, 4.69) is 26.0 Å². The Morgan fingerprint density at radius 2 is 1.20 bits per heavy atom. The number of fused-ring (bicyclic) bond motifs is 2. The van der Waals surface area contributed by atoms with Gasteiger partial charge < -0.3 is 9.47 Å². The quantitative estimate of drug-likeness (QED) is 0.631. The molecule has 0 saturated carbocycles. The maximum Gasteiger partial charge on any atom is 0.146 e. The van der Waals surface area contributed by atoms with Crippen LogP contribution in [0.3, 0.4) is 0 Å². The van der Waals surface area contributed by atoms with Gasteiger partial charge in [0.25, 0.3) is 0 Å². The highest BCUT2D eigenvalue weighted by Crippen LogP contribution is 2.49. The minimum atomic E-state index is 0.685. The van der Waals surface area contributed by atoms with E-state index in [1.54, 1.807) is 22.7 Å². The van der Waals surface area contributed by atoms with E-state index in [9.17, 15) is 0 Å². The van der Waals surface area contributed by atoms with Crippen molar-refractivity contribution in [1.82, 2.24) is 0 Å². The minimum absolute atomic E-state index is 0.685. The zero-order valence-electron chi connectivity index (χ0n) is 12.2. The molecule has 4 heteroatoms. The molecule has 0 fully saturated rings. The average Bonchev–Trinajstić information content (AvgIpc) is 2.96. The summed E-state index contributed by atoms with van der Waals surface area (Å²) in [6.45, 7) is 9.71. The standard InChI is InChI=1S/C16H18O2S2/c1-5-17-13-11-7-9(3)20-16(11)14(18-6-2)12-8-10(4)19-15(12)13/h7-8H,5-6H2,1-4H3. The molecular weight excluding hydrogens is 288 g/mol. The first kappa shape index (κ1) is 13.7. The van der Waals surface area contributed by atoms with Crippen LogP contribution >= 0.6 is 22.7 Å². The molecule has 0 aliphatic rings. The second-order valence-corrected chi connectivity index (χ2v) is 7.24. The van der Waals surface area contributed by atoms with E-state index in [-0.39, 0.29) is 0 Å². The molecular formula is C16H18O2S2. The fourth-order valence-electron chi connectivity index (χ4n) is 2.52. The summed E-state index contributed by atoms with van der Waals surface area (Å²) >= 11 is 3.56. The molecule has 1 aromatic carbocycles. The Hall–Kier alpha value is -1.26. The first-order valence-electron chi connectivity index (χ1n) is 6.87. The number of thiophene rings is 2. The Labute approximate surface area is 126 Å². The van der Waals surface area contributed by atoms with Crippen LogP contribution in [-0.4, -0.2) is 13.2 Å². The largest absolute Gasteiger partial charge is 0.492 e. The van der Waals surface area contributed by atoms with E-state index in [0.717, 1.165) is 11.5 Å². The van der Waals surface area contributed by atoms with E-state index >= 15 is 0 Å². The van der Waals surface area contributed by atoms with E-state index in [4.69, 9.17) is 9.47 Å². The van der Waals surface area contributed by atoms with E-state index in [1.165, 1.54) is 29.9 Å². The number of ether oxygens (including phenoxy) is 2. The van der Waals surface area contributed by atoms with Gasteiger partial charge in [-0.1, -0.05) is 0 Å².